The molecule has 2 fully saturated rings. The molecule has 7 nitrogen and oxygen atoms in total. The zero-order valence-electron chi connectivity index (χ0n) is 18.0. The van der Waals surface area contributed by atoms with E-state index in [2.05, 4.69) is 37.6 Å². The maximum absolute atomic E-state index is 12.8. The summed E-state index contributed by atoms with van der Waals surface area (Å²) in [4.78, 5) is 28.0. The van der Waals surface area contributed by atoms with Crippen LogP contribution in [-0.2, 0) is 0 Å². The summed E-state index contributed by atoms with van der Waals surface area (Å²) in [6, 6.07) is 6.99. The molecule has 32 heavy (non-hydrogen) atoms. The predicted molar refractivity (Wildman–Crippen MR) is 128 cm³/mol. The summed E-state index contributed by atoms with van der Waals surface area (Å²) < 4.78 is 2.35. The van der Waals surface area contributed by atoms with Crippen molar-refractivity contribution in [2.75, 3.05) is 24.6 Å². The highest BCUT2D eigenvalue weighted by molar-refractivity contribution is 7.21. The van der Waals surface area contributed by atoms with Crippen molar-refractivity contribution in [2.45, 2.75) is 44.6 Å². The van der Waals surface area contributed by atoms with Gasteiger partial charge < -0.3 is 19.6 Å². The van der Waals surface area contributed by atoms with Crippen LogP contribution in [0.4, 0.5) is 5.00 Å². The molecule has 2 aliphatic rings. The third-order valence-electron chi connectivity index (χ3n) is 7.12. The number of imidazole rings is 1. The number of nitrogens with zero attached hydrogens (tertiary/aromatic N) is 4. The Labute approximate surface area is 189 Å². The molecule has 0 radical (unpaired) electrons. The van der Waals surface area contributed by atoms with Gasteiger partial charge in [0.25, 0.3) is 5.56 Å². The average molecular weight is 450 g/mol. The van der Waals surface area contributed by atoms with Crippen LogP contribution in [0.1, 0.15) is 44.6 Å². The van der Waals surface area contributed by atoms with E-state index in [-0.39, 0.29) is 18.1 Å². The summed E-state index contributed by atoms with van der Waals surface area (Å²) in [5, 5.41) is 11.2. The monoisotopic (exact) mass is 449 g/mol. The number of aliphatic hydroxyl groups excluding tert-OH is 1. The standard InChI is InChI=1S/C24H27N5O2S/c30-12-15-8-9-28(11-15)24-20-21(25-13-26-23(20)31)22(32-24)16-6-7-19-18(10-16)27-14-29(19)17-4-2-1-3-5-17/h6-7,10,13-15,17,30H,1-5,8-9,11-12H2,(H,25,26,31). The van der Waals surface area contributed by atoms with Gasteiger partial charge in [-0.2, -0.15) is 0 Å². The molecule has 1 saturated heterocycles. The quantitative estimate of drug-likeness (QED) is 0.484. The van der Waals surface area contributed by atoms with Crippen molar-refractivity contribution in [3.8, 4) is 10.4 Å². The molecule has 0 amide bonds. The minimum atomic E-state index is -0.109. The molecule has 166 valence electrons. The topological polar surface area (TPSA) is 87.0 Å². The number of nitrogens with one attached hydrogen (secondary N) is 1. The van der Waals surface area contributed by atoms with Gasteiger partial charge in [-0.05, 0) is 37.0 Å². The van der Waals surface area contributed by atoms with Crippen LogP contribution in [0.5, 0.6) is 0 Å². The van der Waals surface area contributed by atoms with E-state index in [4.69, 9.17) is 4.98 Å². The van der Waals surface area contributed by atoms with Crippen molar-refractivity contribution in [1.82, 2.24) is 19.5 Å². The normalized spacial score (nSPS) is 20.0. The number of thiophene rings is 1. The van der Waals surface area contributed by atoms with Gasteiger partial charge in [-0.3, -0.25) is 4.79 Å². The molecule has 1 aliphatic heterocycles. The summed E-state index contributed by atoms with van der Waals surface area (Å²) >= 11 is 1.62. The minimum absolute atomic E-state index is 0.109. The first-order chi connectivity index (χ1) is 15.7. The zero-order valence-corrected chi connectivity index (χ0v) is 18.8. The average Bonchev–Trinajstić information content (AvgIpc) is 3.56. The number of H-pyrrole nitrogens is 1. The van der Waals surface area contributed by atoms with Gasteiger partial charge in [0, 0.05) is 31.7 Å². The van der Waals surface area contributed by atoms with Gasteiger partial charge in [0.15, 0.2) is 0 Å². The van der Waals surface area contributed by atoms with E-state index in [1.54, 1.807) is 11.3 Å². The van der Waals surface area contributed by atoms with E-state index < -0.39 is 0 Å². The molecular weight excluding hydrogens is 422 g/mol. The molecule has 4 heterocycles. The SMILES string of the molecule is O=c1[nH]cnc2c(-c3ccc4c(c3)ncn4C3CCCCC3)sc(N3CCC(CO)C3)c12. The maximum Gasteiger partial charge on any atom is 0.261 e. The lowest BCUT2D eigenvalue weighted by Crippen LogP contribution is -2.21. The van der Waals surface area contributed by atoms with Gasteiger partial charge in [0.1, 0.15) is 10.4 Å². The molecule has 8 heteroatoms. The fourth-order valence-corrected chi connectivity index (χ4v) is 6.65. The number of rotatable bonds is 4. The Morgan fingerprint density at radius 2 is 2.03 bits per heavy atom. The Morgan fingerprint density at radius 3 is 2.84 bits per heavy atom. The molecule has 1 aromatic carbocycles. The second-order valence-electron chi connectivity index (χ2n) is 9.12. The van der Waals surface area contributed by atoms with Crippen LogP contribution in [-0.4, -0.2) is 44.3 Å². The van der Waals surface area contributed by atoms with Crippen molar-refractivity contribution < 1.29 is 5.11 Å². The molecule has 3 aromatic heterocycles. The second kappa shape index (κ2) is 8.01. The summed E-state index contributed by atoms with van der Waals surface area (Å²) in [6.07, 6.45) is 10.8. The number of anilines is 1. The lowest BCUT2D eigenvalue weighted by atomic mass is 9.95. The van der Waals surface area contributed by atoms with Crippen LogP contribution in [0.25, 0.3) is 32.4 Å². The minimum Gasteiger partial charge on any atom is -0.396 e. The molecule has 2 N–H and O–H groups in total. The molecule has 1 aliphatic carbocycles. The predicted octanol–water partition coefficient (Wildman–Crippen LogP) is 4.33. The first kappa shape index (κ1) is 19.9. The van der Waals surface area contributed by atoms with Gasteiger partial charge in [-0.15, -0.1) is 11.3 Å². The van der Waals surface area contributed by atoms with Crippen molar-refractivity contribution in [3.63, 3.8) is 0 Å². The molecule has 0 spiro atoms. The van der Waals surface area contributed by atoms with E-state index in [0.29, 0.717) is 11.4 Å². The summed E-state index contributed by atoms with van der Waals surface area (Å²) in [7, 11) is 0. The number of hydrogen-bond acceptors (Lipinski definition) is 6. The molecule has 1 unspecified atom stereocenters. The molecule has 6 rings (SSSR count). The Bertz CT molecular complexity index is 1330. The number of aromatic amines is 1. The number of aromatic nitrogens is 4. The fraction of sp³-hybridized carbons (Fsp3) is 0.458. The zero-order chi connectivity index (χ0) is 21.7. The second-order valence-corrected chi connectivity index (χ2v) is 10.1. The maximum atomic E-state index is 12.8. The number of aliphatic hydroxyl groups is 1. The highest BCUT2D eigenvalue weighted by Crippen LogP contribution is 2.43. The largest absolute Gasteiger partial charge is 0.396 e. The molecule has 0 bridgehead atoms. The van der Waals surface area contributed by atoms with Crippen LogP contribution in [0.3, 0.4) is 0 Å². The fourth-order valence-electron chi connectivity index (χ4n) is 5.37. The van der Waals surface area contributed by atoms with Crippen molar-refractivity contribution in [1.29, 1.82) is 0 Å². The van der Waals surface area contributed by atoms with E-state index in [1.807, 2.05) is 6.33 Å². The summed E-state index contributed by atoms with van der Waals surface area (Å²) in [5.41, 5.74) is 3.85. The van der Waals surface area contributed by atoms with Crippen molar-refractivity contribution >= 4 is 38.3 Å². The summed E-state index contributed by atoms with van der Waals surface area (Å²) in [5.74, 6) is 0.256. The van der Waals surface area contributed by atoms with Gasteiger partial charge in [-0.1, -0.05) is 25.3 Å². The van der Waals surface area contributed by atoms with E-state index >= 15 is 0 Å². The first-order valence-electron chi connectivity index (χ1n) is 11.6. The third kappa shape index (κ3) is 3.24. The van der Waals surface area contributed by atoms with Gasteiger partial charge in [0.05, 0.1) is 34.1 Å². The lowest BCUT2D eigenvalue weighted by Gasteiger charge is -2.23. The van der Waals surface area contributed by atoms with Crippen LogP contribution < -0.4 is 10.5 Å². The van der Waals surface area contributed by atoms with Crippen LogP contribution in [0.2, 0.25) is 0 Å². The van der Waals surface area contributed by atoms with Gasteiger partial charge in [-0.25, -0.2) is 9.97 Å². The first-order valence-corrected chi connectivity index (χ1v) is 12.4. The Balaban J connectivity index is 1.44. The molecular formula is C24H27N5O2S. The summed E-state index contributed by atoms with van der Waals surface area (Å²) in [6.45, 7) is 1.80. The Hall–Kier alpha value is -2.71. The number of fused-ring (bicyclic) bond motifs is 2. The van der Waals surface area contributed by atoms with E-state index in [0.717, 1.165) is 46.0 Å². The Morgan fingerprint density at radius 1 is 1.16 bits per heavy atom. The van der Waals surface area contributed by atoms with Crippen LogP contribution in [0.15, 0.2) is 35.6 Å². The number of benzene rings is 1. The van der Waals surface area contributed by atoms with E-state index in [1.165, 1.54) is 43.9 Å². The third-order valence-corrected chi connectivity index (χ3v) is 8.41. The van der Waals surface area contributed by atoms with Crippen molar-refractivity contribution in [2.24, 2.45) is 5.92 Å². The lowest BCUT2D eigenvalue weighted by molar-refractivity contribution is 0.239. The highest BCUT2D eigenvalue weighted by Gasteiger charge is 2.28. The van der Waals surface area contributed by atoms with Crippen molar-refractivity contribution in [3.05, 3.63) is 41.2 Å². The molecule has 4 aromatic rings. The smallest absolute Gasteiger partial charge is 0.261 e. The van der Waals surface area contributed by atoms with Gasteiger partial charge >= 0.3 is 0 Å². The van der Waals surface area contributed by atoms with Gasteiger partial charge in [0.2, 0.25) is 0 Å². The van der Waals surface area contributed by atoms with Crippen LogP contribution in [0, 0.1) is 5.92 Å². The number of hydrogen-bond donors (Lipinski definition) is 2. The van der Waals surface area contributed by atoms with Crippen LogP contribution >= 0.6 is 11.3 Å². The molecule has 1 atom stereocenters. The molecule has 1 saturated carbocycles. The Kier molecular flexibility index (Phi) is 4.99. The van der Waals surface area contributed by atoms with E-state index in [9.17, 15) is 9.90 Å². The highest BCUT2D eigenvalue weighted by atomic mass is 32.1.